The Balaban J connectivity index is 1.69. The first-order valence-corrected chi connectivity index (χ1v) is 10.9. The monoisotopic (exact) mass is 456 g/mol. The van der Waals surface area contributed by atoms with E-state index in [4.69, 9.17) is 21.2 Å². The molecule has 0 radical (unpaired) electrons. The van der Waals surface area contributed by atoms with Crippen LogP contribution in [-0.2, 0) is 0 Å². The van der Waals surface area contributed by atoms with Gasteiger partial charge < -0.3 is 0 Å². The number of rotatable bonds is 3. The minimum absolute atomic E-state index is 0.0122. The van der Waals surface area contributed by atoms with Gasteiger partial charge in [0.15, 0.2) is 11.6 Å². The number of halogens is 1. The first-order valence-electron chi connectivity index (χ1n) is 13.2. The first kappa shape index (κ1) is 13.1. The highest BCUT2D eigenvalue weighted by molar-refractivity contribution is 7.26. The second kappa shape index (κ2) is 7.83. The lowest BCUT2D eigenvalue weighted by Gasteiger charge is -2.10. The van der Waals surface area contributed by atoms with Crippen molar-refractivity contribution in [3.8, 4) is 33.9 Å². The van der Waals surface area contributed by atoms with Gasteiger partial charge in [0, 0.05) is 31.3 Å². The minimum atomic E-state index is -0.433. The molecular formula is C27H16ClN3S. The van der Waals surface area contributed by atoms with Crippen LogP contribution in [0.4, 0.5) is 0 Å². The van der Waals surface area contributed by atoms with E-state index in [1.165, 1.54) is 0 Å². The van der Waals surface area contributed by atoms with Gasteiger partial charge in [-0.1, -0.05) is 84.8 Å². The van der Waals surface area contributed by atoms with E-state index in [1.807, 2.05) is 54.6 Å². The molecule has 0 unspecified atom stereocenters. The zero-order valence-electron chi connectivity index (χ0n) is 23.3. The highest BCUT2D eigenvalue weighted by Crippen LogP contribution is 2.39. The van der Waals surface area contributed by atoms with Crippen LogP contribution in [0.1, 0.15) is 9.60 Å². The van der Waals surface area contributed by atoms with Crippen LogP contribution in [0.25, 0.3) is 54.1 Å². The van der Waals surface area contributed by atoms with E-state index in [0.29, 0.717) is 10.3 Å². The maximum atomic E-state index is 8.73. The summed E-state index contributed by atoms with van der Waals surface area (Å²) in [6, 6.07) is 14.8. The maximum absolute atomic E-state index is 8.73. The predicted molar refractivity (Wildman–Crippen MR) is 134 cm³/mol. The highest BCUT2D eigenvalue weighted by Gasteiger charge is 2.16. The van der Waals surface area contributed by atoms with Crippen LogP contribution in [0, 0.1) is 0 Å². The topological polar surface area (TPSA) is 38.7 Å². The predicted octanol–water partition coefficient (Wildman–Crippen LogP) is 7.89. The van der Waals surface area contributed by atoms with Crippen molar-refractivity contribution >= 4 is 43.1 Å². The zero-order valence-corrected chi connectivity index (χ0v) is 17.9. The van der Waals surface area contributed by atoms with Crippen molar-refractivity contribution in [2.24, 2.45) is 0 Å². The molecule has 0 fully saturated rings. The van der Waals surface area contributed by atoms with Crippen LogP contribution >= 0.6 is 22.9 Å². The number of thiophene rings is 1. The Hall–Kier alpha value is -3.60. The molecule has 0 saturated heterocycles. The number of hydrogen-bond acceptors (Lipinski definition) is 4. The number of hydrogen-bond donors (Lipinski definition) is 0. The summed E-state index contributed by atoms with van der Waals surface area (Å²) in [5, 5.41) is 0.161. The van der Waals surface area contributed by atoms with Crippen molar-refractivity contribution in [2.45, 2.75) is 0 Å². The van der Waals surface area contributed by atoms with Gasteiger partial charge in [0.1, 0.15) is 0 Å². The molecule has 0 aliphatic carbocycles. The number of benzene rings is 4. The lowest BCUT2D eigenvalue weighted by molar-refractivity contribution is 1.07. The summed E-state index contributed by atoms with van der Waals surface area (Å²) in [7, 11) is 0. The third-order valence-corrected chi connectivity index (χ3v) is 6.31. The van der Waals surface area contributed by atoms with Crippen molar-refractivity contribution in [3.63, 3.8) is 0 Å². The van der Waals surface area contributed by atoms with E-state index in [0.717, 1.165) is 22.5 Å². The molecule has 0 N–H and O–H groups in total. The summed E-state index contributed by atoms with van der Waals surface area (Å²) in [4.78, 5) is 13.3. The van der Waals surface area contributed by atoms with Gasteiger partial charge in [0.2, 0.25) is 5.28 Å². The second-order valence-corrected chi connectivity index (χ2v) is 8.28. The molecule has 0 amide bonds. The largest absolute Gasteiger partial charge is 0.226 e. The molecule has 2 heterocycles. The van der Waals surface area contributed by atoms with Crippen molar-refractivity contribution in [1.82, 2.24) is 15.0 Å². The van der Waals surface area contributed by atoms with Gasteiger partial charge >= 0.3 is 0 Å². The van der Waals surface area contributed by atoms with Gasteiger partial charge in [-0.25, -0.2) is 4.98 Å². The lowest BCUT2D eigenvalue weighted by atomic mass is 9.99. The van der Waals surface area contributed by atoms with Gasteiger partial charge in [-0.05, 0) is 34.8 Å². The van der Waals surface area contributed by atoms with Crippen molar-refractivity contribution in [1.29, 1.82) is 0 Å². The quantitative estimate of drug-likeness (QED) is 0.271. The van der Waals surface area contributed by atoms with Gasteiger partial charge in [0.25, 0.3) is 0 Å². The zero-order chi connectivity index (χ0) is 27.6. The first-order chi connectivity index (χ1) is 18.7. The summed E-state index contributed by atoms with van der Waals surface area (Å²) in [5.74, 6) is 0.266. The standard InChI is InChI=1S/C27H16ClN3S/c28-27-30-25(21-13-5-4-11-18(21)17-9-2-1-3-10-17)29-26(31-27)22-15-8-14-20-19-12-6-7-16-23(19)32-24(20)22/h1-16H/i6D,7D,8D,12D,14D,15D,16D. The molecule has 6 aromatic rings. The fraction of sp³-hybridized carbons (Fsp3) is 0. The third-order valence-electron chi connectivity index (χ3n) is 5.02. The minimum Gasteiger partial charge on any atom is -0.208 e. The molecule has 3 nitrogen and oxygen atoms in total. The van der Waals surface area contributed by atoms with Gasteiger partial charge in [-0.15, -0.1) is 11.3 Å². The summed E-state index contributed by atoms with van der Waals surface area (Å²) in [5.41, 5.74) is 2.59. The Labute approximate surface area is 203 Å². The SMILES string of the molecule is [2H]c1c([2H])c([2H])c2c(sc3c(-c4nc(Cl)nc(-c5ccccc5-c5ccccc5)n4)c([2H])c([2H])c([2H])c32)c1[2H]. The van der Waals surface area contributed by atoms with Gasteiger partial charge in [-0.2, -0.15) is 9.97 Å². The molecule has 0 bridgehead atoms. The summed E-state index contributed by atoms with van der Waals surface area (Å²) < 4.78 is 59.4. The van der Waals surface area contributed by atoms with E-state index in [9.17, 15) is 0 Å². The van der Waals surface area contributed by atoms with Crippen molar-refractivity contribution in [3.05, 3.63) is 102 Å². The highest BCUT2D eigenvalue weighted by atomic mass is 35.5. The summed E-state index contributed by atoms with van der Waals surface area (Å²) in [6.07, 6.45) is 0. The molecule has 0 saturated carbocycles. The fourth-order valence-electron chi connectivity index (χ4n) is 3.62. The van der Waals surface area contributed by atoms with E-state index < -0.39 is 18.1 Å². The van der Waals surface area contributed by atoms with Crippen LogP contribution in [0.15, 0.2) is 96.9 Å². The molecule has 0 aliphatic heterocycles. The Kier molecular flexibility index (Phi) is 3.19. The van der Waals surface area contributed by atoms with E-state index >= 15 is 0 Å². The molecule has 0 aliphatic rings. The number of fused-ring (bicyclic) bond motifs is 3. The summed E-state index contributed by atoms with van der Waals surface area (Å²) in [6.45, 7) is 0. The molecule has 6 rings (SSSR count). The maximum Gasteiger partial charge on any atom is 0.226 e. The van der Waals surface area contributed by atoms with Crippen LogP contribution in [0.5, 0.6) is 0 Å². The Morgan fingerprint density at radius 2 is 1.34 bits per heavy atom. The smallest absolute Gasteiger partial charge is 0.208 e. The van der Waals surface area contributed by atoms with Crippen LogP contribution < -0.4 is 0 Å². The normalized spacial score (nSPS) is 14.3. The molecule has 0 atom stereocenters. The average Bonchev–Trinajstić information content (AvgIpc) is 3.34. The molecule has 152 valence electrons. The lowest BCUT2D eigenvalue weighted by Crippen LogP contribution is -1.98. The van der Waals surface area contributed by atoms with Crippen molar-refractivity contribution < 1.29 is 9.60 Å². The van der Waals surface area contributed by atoms with Crippen molar-refractivity contribution in [2.75, 3.05) is 0 Å². The van der Waals surface area contributed by atoms with E-state index in [-0.39, 0.29) is 62.1 Å². The fourth-order valence-corrected chi connectivity index (χ4v) is 4.84. The molecule has 0 spiro atoms. The van der Waals surface area contributed by atoms with E-state index in [2.05, 4.69) is 15.0 Å². The van der Waals surface area contributed by atoms with Crippen LogP contribution in [-0.4, -0.2) is 15.0 Å². The second-order valence-electron chi connectivity index (χ2n) is 6.92. The number of nitrogens with zero attached hydrogens (tertiary/aromatic N) is 3. The third kappa shape index (κ3) is 3.25. The Bertz CT molecular complexity index is 1960. The molecule has 4 aromatic carbocycles. The molecule has 2 aromatic heterocycles. The Morgan fingerprint density at radius 1 is 0.656 bits per heavy atom. The molecule has 32 heavy (non-hydrogen) atoms. The van der Waals surface area contributed by atoms with Gasteiger partial charge in [0.05, 0.1) is 9.60 Å². The summed E-state index contributed by atoms with van der Waals surface area (Å²) >= 11 is 7.39. The molecular weight excluding hydrogens is 434 g/mol. The Morgan fingerprint density at radius 3 is 2.19 bits per heavy atom. The van der Waals surface area contributed by atoms with Gasteiger partial charge in [-0.3, -0.25) is 0 Å². The van der Waals surface area contributed by atoms with Crippen LogP contribution in [0.3, 0.4) is 0 Å². The van der Waals surface area contributed by atoms with E-state index in [1.54, 1.807) is 0 Å². The number of aromatic nitrogens is 3. The average molecular weight is 457 g/mol. The molecule has 5 heteroatoms. The van der Waals surface area contributed by atoms with Crippen LogP contribution in [0.2, 0.25) is 5.28 Å².